The zero-order valence-electron chi connectivity index (χ0n) is 10.5. The minimum absolute atomic E-state index is 0.657. The van der Waals surface area contributed by atoms with Gasteiger partial charge in [0.2, 0.25) is 0 Å². The monoisotopic (exact) mass is 269 g/mol. The molecule has 3 nitrogen and oxygen atoms in total. The SMILES string of the molecule is c1cc(-c2sccc2C2CCNC2)c2cncn2c1. The van der Waals surface area contributed by atoms with E-state index in [9.17, 15) is 0 Å². The van der Waals surface area contributed by atoms with E-state index in [1.807, 2.05) is 23.9 Å². The molecule has 4 heterocycles. The normalized spacial score (nSPS) is 19.3. The van der Waals surface area contributed by atoms with Gasteiger partial charge in [-0.25, -0.2) is 4.98 Å². The van der Waals surface area contributed by atoms with Crippen LogP contribution in [0.3, 0.4) is 0 Å². The number of imidazole rings is 1. The first-order valence-electron chi connectivity index (χ1n) is 6.62. The number of thiophene rings is 1. The summed E-state index contributed by atoms with van der Waals surface area (Å²) in [7, 11) is 0. The first kappa shape index (κ1) is 11.2. The van der Waals surface area contributed by atoms with Crippen LogP contribution in [-0.2, 0) is 0 Å². The molecule has 0 saturated carbocycles. The topological polar surface area (TPSA) is 29.3 Å². The number of nitrogens with zero attached hydrogens (tertiary/aromatic N) is 2. The standard InChI is InChI=1S/C15H15N3S/c1-2-13(14-9-17-10-18(14)6-1)15-12(4-7-19-15)11-3-5-16-8-11/h1-2,4,6-7,9-11,16H,3,5,8H2. The van der Waals surface area contributed by atoms with Crippen LogP contribution >= 0.6 is 11.3 Å². The number of nitrogens with one attached hydrogen (secondary N) is 1. The van der Waals surface area contributed by atoms with Crippen molar-refractivity contribution in [3.05, 3.63) is 47.9 Å². The summed E-state index contributed by atoms with van der Waals surface area (Å²) in [6, 6.07) is 6.59. The van der Waals surface area contributed by atoms with Crippen LogP contribution in [0.4, 0.5) is 0 Å². The Balaban J connectivity index is 1.88. The Labute approximate surface area is 115 Å². The van der Waals surface area contributed by atoms with Crippen LogP contribution in [-0.4, -0.2) is 22.5 Å². The summed E-state index contributed by atoms with van der Waals surface area (Å²) < 4.78 is 2.09. The Kier molecular flexibility index (Phi) is 2.64. The van der Waals surface area contributed by atoms with Crippen LogP contribution in [0.2, 0.25) is 0 Å². The predicted octanol–water partition coefficient (Wildman–Crippen LogP) is 3.14. The second-order valence-electron chi connectivity index (χ2n) is 5.00. The van der Waals surface area contributed by atoms with Crippen LogP contribution < -0.4 is 5.32 Å². The summed E-state index contributed by atoms with van der Waals surface area (Å²) in [5.74, 6) is 0.657. The van der Waals surface area contributed by atoms with Crippen LogP contribution in [0.25, 0.3) is 16.0 Å². The summed E-state index contributed by atoms with van der Waals surface area (Å²) >= 11 is 1.84. The molecule has 1 N–H and O–H groups in total. The fourth-order valence-corrected chi connectivity index (χ4v) is 3.94. The minimum Gasteiger partial charge on any atom is -0.316 e. The van der Waals surface area contributed by atoms with Crippen LogP contribution in [0.5, 0.6) is 0 Å². The average molecular weight is 269 g/mol. The Morgan fingerprint density at radius 3 is 3.26 bits per heavy atom. The third kappa shape index (κ3) is 1.79. The van der Waals surface area contributed by atoms with E-state index in [0.29, 0.717) is 5.92 Å². The lowest BCUT2D eigenvalue weighted by Crippen LogP contribution is -2.07. The van der Waals surface area contributed by atoms with Gasteiger partial charge in [0.25, 0.3) is 0 Å². The zero-order valence-corrected chi connectivity index (χ0v) is 11.4. The molecule has 1 atom stereocenters. The Morgan fingerprint density at radius 1 is 1.37 bits per heavy atom. The van der Waals surface area contributed by atoms with E-state index in [0.717, 1.165) is 13.1 Å². The van der Waals surface area contributed by atoms with Gasteiger partial charge in [0.15, 0.2) is 0 Å². The van der Waals surface area contributed by atoms with E-state index < -0.39 is 0 Å². The van der Waals surface area contributed by atoms with Gasteiger partial charge in [0.1, 0.15) is 0 Å². The fraction of sp³-hybridized carbons (Fsp3) is 0.267. The van der Waals surface area contributed by atoms with Gasteiger partial charge in [0, 0.05) is 23.2 Å². The maximum atomic E-state index is 4.25. The first-order chi connectivity index (χ1) is 9.43. The van der Waals surface area contributed by atoms with Gasteiger partial charge >= 0.3 is 0 Å². The number of hydrogen-bond donors (Lipinski definition) is 1. The number of pyridine rings is 1. The second kappa shape index (κ2) is 4.47. The summed E-state index contributed by atoms with van der Waals surface area (Å²) in [6.45, 7) is 2.24. The molecule has 0 bridgehead atoms. The van der Waals surface area contributed by atoms with E-state index in [1.165, 1.54) is 27.9 Å². The summed E-state index contributed by atoms with van der Waals surface area (Å²) in [5.41, 5.74) is 3.98. The lowest BCUT2D eigenvalue weighted by molar-refractivity contribution is 0.768. The quantitative estimate of drug-likeness (QED) is 0.774. The van der Waals surface area contributed by atoms with Gasteiger partial charge in [-0.15, -0.1) is 11.3 Å². The van der Waals surface area contributed by atoms with Crippen molar-refractivity contribution in [2.75, 3.05) is 13.1 Å². The summed E-state index contributed by atoms with van der Waals surface area (Å²) in [4.78, 5) is 5.66. The number of aromatic nitrogens is 2. The number of fused-ring (bicyclic) bond motifs is 1. The lowest BCUT2D eigenvalue weighted by atomic mass is 9.96. The van der Waals surface area contributed by atoms with Crippen molar-refractivity contribution >= 4 is 16.9 Å². The van der Waals surface area contributed by atoms with E-state index in [-0.39, 0.29) is 0 Å². The third-order valence-corrected chi connectivity index (χ3v) is 4.86. The molecule has 1 saturated heterocycles. The molecule has 1 fully saturated rings. The Hall–Kier alpha value is -1.65. The van der Waals surface area contributed by atoms with Crippen molar-refractivity contribution in [3.63, 3.8) is 0 Å². The second-order valence-corrected chi connectivity index (χ2v) is 5.92. The Bertz CT molecular complexity index is 707. The van der Waals surface area contributed by atoms with Gasteiger partial charge in [-0.1, -0.05) is 0 Å². The highest BCUT2D eigenvalue weighted by molar-refractivity contribution is 7.13. The van der Waals surface area contributed by atoms with Crippen molar-refractivity contribution in [1.29, 1.82) is 0 Å². The third-order valence-electron chi connectivity index (χ3n) is 3.89. The first-order valence-corrected chi connectivity index (χ1v) is 7.50. The molecule has 0 radical (unpaired) electrons. The van der Waals surface area contributed by atoms with E-state index >= 15 is 0 Å². The smallest absolute Gasteiger partial charge is 0.0992 e. The average Bonchev–Trinajstić information content (AvgIpc) is 3.18. The molecule has 0 spiro atoms. The van der Waals surface area contributed by atoms with E-state index in [4.69, 9.17) is 0 Å². The summed E-state index contributed by atoms with van der Waals surface area (Å²) in [6.07, 6.45) is 7.11. The number of hydrogen-bond acceptors (Lipinski definition) is 3. The molecule has 96 valence electrons. The molecule has 1 aliphatic rings. The molecule has 0 amide bonds. The molecule has 3 aromatic heterocycles. The molecule has 4 heteroatoms. The van der Waals surface area contributed by atoms with Crippen molar-refractivity contribution in [2.45, 2.75) is 12.3 Å². The highest BCUT2D eigenvalue weighted by Gasteiger charge is 2.21. The molecule has 3 aromatic rings. The van der Waals surface area contributed by atoms with Crippen LogP contribution in [0, 0.1) is 0 Å². The van der Waals surface area contributed by atoms with Crippen molar-refractivity contribution in [2.24, 2.45) is 0 Å². The molecule has 1 aliphatic heterocycles. The zero-order chi connectivity index (χ0) is 12.7. The molecular formula is C15H15N3S. The predicted molar refractivity (Wildman–Crippen MR) is 78.7 cm³/mol. The van der Waals surface area contributed by atoms with E-state index in [1.54, 1.807) is 0 Å². The van der Waals surface area contributed by atoms with Crippen LogP contribution in [0.15, 0.2) is 42.3 Å². The molecule has 1 unspecified atom stereocenters. The molecule has 0 aliphatic carbocycles. The molecule has 0 aromatic carbocycles. The van der Waals surface area contributed by atoms with Gasteiger partial charge in [0.05, 0.1) is 18.0 Å². The van der Waals surface area contributed by atoms with Gasteiger partial charge in [-0.3, -0.25) is 0 Å². The minimum atomic E-state index is 0.657. The number of rotatable bonds is 2. The van der Waals surface area contributed by atoms with Crippen molar-refractivity contribution in [1.82, 2.24) is 14.7 Å². The van der Waals surface area contributed by atoms with E-state index in [2.05, 4.69) is 44.5 Å². The van der Waals surface area contributed by atoms with Gasteiger partial charge in [-0.2, -0.15) is 0 Å². The van der Waals surface area contributed by atoms with Gasteiger partial charge < -0.3 is 9.72 Å². The fourth-order valence-electron chi connectivity index (χ4n) is 2.92. The summed E-state index contributed by atoms with van der Waals surface area (Å²) in [5, 5.41) is 5.67. The molecule has 19 heavy (non-hydrogen) atoms. The highest BCUT2D eigenvalue weighted by atomic mass is 32.1. The van der Waals surface area contributed by atoms with Gasteiger partial charge in [-0.05, 0) is 48.0 Å². The maximum absolute atomic E-state index is 4.25. The largest absolute Gasteiger partial charge is 0.316 e. The van der Waals surface area contributed by atoms with Crippen LogP contribution in [0.1, 0.15) is 17.9 Å². The van der Waals surface area contributed by atoms with Crippen molar-refractivity contribution in [3.8, 4) is 10.4 Å². The molecular weight excluding hydrogens is 254 g/mol. The highest BCUT2D eigenvalue weighted by Crippen LogP contribution is 2.38. The van der Waals surface area contributed by atoms with Crippen molar-refractivity contribution < 1.29 is 0 Å². The molecule has 4 rings (SSSR count). The Morgan fingerprint density at radius 2 is 2.37 bits per heavy atom. The lowest BCUT2D eigenvalue weighted by Gasteiger charge is -2.11. The maximum Gasteiger partial charge on any atom is 0.0992 e.